The van der Waals surface area contributed by atoms with E-state index >= 15 is 8.78 Å². The van der Waals surface area contributed by atoms with Crippen LogP contribution in [0, 0.1) is 11.6 Å². The maximum atomic E-state index is 16.0. The Bertz CT molecular complexity index is 1290. The van der Waals surface area contributed by atoms with Crippen LogP contribution in [0.1, 0.15) is 41.5 Å². The summed E-state index contributed by atoms with van der Waals surface area (Å²) >= 11 is 6.62. The number of ether oxygens (including phenoxy) is 1. The second kappa shape index (κ2) is 11.6. The van der Waals surface area contributed by atoms with Gasteiger partial charge in [-0.2, -0.15) is 0 Å². The van der Waals surface area contributed by atoms with Crippen molar-refractivity contribution in [2.75, 3.05) is 26.8 Å². The highest BCUT2D eigenvalue weighted by Gasteiger charge is 2.41. The maximum Gasteiger partial charge on any atom is 0.251 e. The number of unbranched alkanes of at least 4 members (excludes halogenated alkanes) is 1. The van der Waals surface area contributed by atoms with Crippen molar-refractivity contribution in [3.8, 4) is 17.0 Å². The summed E-state index contributed by atoms with van der Waals surface area (Å²) < 4.78 is 36.7. The molecule has 0 saturated carbocycles. The maximum absolute atomic E-state index is 16.0. The molecular formula is C29H32ClF2N3O2. The largest absolute Gasteiger partial charge is 0.473 e. The Labute approximate surface area is 221 Å². The number of aliphatic hydroxyl groups is 1. The molecule has 5 nitrogen and oxygen atoms in total. The van der Waals surface area contributed by atoms with Crippen molar-refractivity contribution in [2.24, 2.45) is 5.73 Å². The number of nitrogens with zero attached hydrogens (tertiary/aromatic N) is 1. The van der Waals surface area contributed by atoms with E-state index in [1.54, 1.807) is 7.05 Å². The van der Waals surface area contributed by atoms with Gasteiger partial charge in [-0.05, 0) is 55.0 Å². The van der Waals surface area contributed by atoms with E-state index in [0.29, 0.717) is 30.6 Å². The van der Waals surface area contributed by atoms with Gasteiger partial charge in [0.05, 0.1) is 11.6 Å². The highest BCUT2D eigenvalue weighted by molar-refractivity contribution is 6.34. The molecule has 0 aliphatic heterocycles. The molecule has 0 saturated heterocycles. The molecule has 196 valence electrons. The van der Waals surface area contributed by atoms with E-state index in [2.05, 4.69) is 29.0 Å². The van der Waals surface area contributed by atoms with Gasteiger partial charge in [-0.3, -0.25) is 0 Å². The van der Waals surface area contributed by atoms with Gasteiger partial charge in [0.25, 0.3) is 5.88 Å². The van der Waals surface area contributed by atoms with Crippen LogP contribution < -0.4 is 15.8 Å². The minimum absolute atomic E-state index is 0.0776. The zero-order chi connectivity index (χ0) is 26.6. The molecule has 4 N–H and O–H groups in total. The fourth-order valence-electron chi connectivity index (χ4n) is 5.35. The lowest BCUT2D eigenvalue weighted by molar-refractivity contribution is 0.191. The number of rotatable bonds is 11. The third-order valence-electron chi connectivity index (χ3n) is 7.15. The summed E-state index contributed by atoms with van der Waals surface area (Å²) in [4.78, 5) is 4.08. The summed E-state index contributed by atoms with van der Waals surface area (Å²) in [5.41, 5.74) is 9.34. The summed E-state index contributed by atoms with van der Waals surface area (Å²) in [6.45, 7) is 4.14. The van der Waals surface area contributed by atoms with Crippen molar-refractivity contribution in [1.29, 1.82) is 0 Å². The van der Waals surface area contributed by atoms with Gasteiger partial charge in [0.15, 0.2) is 5.82 Å². The quantitative estimate of drug-likeness (QED) is 0.291. The van der Waals surface area contributed by atoms with Gasteiger partial charge in [-0.15, -0.1) is 0 Å². The molecule has 1 aliphatic rings. The number of fused-ring (bicyclic) bond motifs is 1. The Morgan fingerprint density at radius 1 is 1.22 bits per heavy atom. The van der Waals surface area contributed by atoms with Gasteiger partial charge in [-0.1, -0.05) is 54.9 Å². The zero-order valence-corrected chi connectivity index (χ0v) is 21.7. The van der Waals surface area contributed by atoms with Gasteiger partial charge in [0.1, 0.15) is 12.4 Å². The minimum Gasteiger partial charge on any atom is -0.473 e. The van der Waals surface area contributed by atoms with Gasteiger partial charge < -0.3 is 20.9 Å². The first kappa shape index (κ1) is 27.0. The van der Waals surface area contributed by atoms with Gasteiger partial charge in [0.2, 0.25) is 0 Å². The monoisotopic (exact) mass is 527 g/mol. The molecule has 1 heterocycles. The van der Waals surface area contributed by atoms with E-state index in [4.69, 9.17) is 27.2 Å². The molecule has 4 rings (SSSR count). The third kappa shape index (κ3) is 5.21. The number of nitrogens with two attached hydrogens (primary N) is 1. The lowest BCUT2D eigenvalue weighted by atomic mass is 9.73. The van der Waals surface area contributed by atoms with Crippen LogP contribution in [-0.2, 0) is 18.3 Å². The van der Waals surface area contributed by atoms with E-state index < -0.39 is 11.6 Å². The Morgan fingerprint density at radius 2 is 1.97 bits per heavy atom. The average molecular weight is 528 g/mol. The molecule has 0 radical (unpaired) electrons. The number of aromatic nitrogens is 1. The van der Waals surface area contributed by atoms with Crippen LogP contribution in [0.25, 0.3) is 16.8 Å². The van der Waals surface area contributed by atoms with Gasteiger partial charge in [-0.25, -0.2) is 13.8 Å². The summed E-state index contributed by atoms with van der Waals surface area (Å²) in [5, 5.41) is 11.9. The molecule has 0 fully saturated rings. The van der Waals surface area contributed by atoms with Crippen molar-refractivity contribution < 1.29 is 18.6 Å². The van der Waals surface area contributed by atoms with E-state index in [0.717, 1.165) is 36.0 Å². The first-order valence-corrected chi connectivity index (χ1v) is 12.8. The van der Waals surface area contributed by atoms with Crippen molar-refractivity contribution in [2.45, 2.75) is 37.5 Å². The highest BCUT2D eigenvalue weighted by Crippen LogP contribution is 2.50. The van der Waals surface area contributed by atoms with E-state index in [1.165, 1.54) is 12.3 Å². The summed E-state index contributed by atoms with van der Waals surface area (Å²) in [7, 11) is 1.66. The minimum atomic E-state index is -0.780. The van der Waals surface area contributed by atoms with Crippen LogP contribution in [0.3, 0.4) is 0 Å². The molecule has 1 aliphatic carbocycles. The van der Waals surface area contributed by atoms with Crippen LogP contribution in [0.15, 0.2) is 49.2 Å². The topological polar surface area (TPSA) is 80.4 Å². The smallest absolute Gasteiger partial charge is 0.251 e. The normalized spacial score (nSPS) is 16.5. The lowest BCUT2D eigenvalue weighted by Crippen LogP contribution is -2.27. The van der Waals surface area contributed by atoms with Crippen LogP contribution >= 0.6 is 11.6 Å². The molecule has 0 spiro atoms. The van der Waals surface area contributed by atoms with E-state index in [-0.39, 0.29) is 40.7 Å². The van der Waals surface area contributed by atoms with Crippen LogP contribution in [0.2, 0.25) is 5.02 Å². The van der Waals surface area contributed by atoms with Crippen LogP contribution in [0.4, 0.5) is 8.78 Å². The summed E-state index contributed by atoms with van der Waals surface area (Å²) in [6, 6.07) is 11.6. The third-order valence-corrected chi connectivity index (χ3v) is 7.52. The predicted octanol–water partition coefficient (Wildman–Crippen LogP) is 5.41. The Balaban J connectivity index is 1.94. The first-order chi connectivity index (χ1) is 17.9. The number of aliphatic hydroxyl groups excluding tert-OH is 1. The molecule has 0 amide bonds. The molecule has 1 atom stereocenters. The zero-order valence-electron chi connectivity index (χ0n) is 20.9. The number of nitrogens with one attached hydrogen (secondary N) is 1. The number of hydrogen-bond acceptors (Lipinski definition) is 5. The van der Waals surface area contributed by atoms with Crippen molar-refractivity contribution in [1.82, 2.24) is 10.3 Å². The molecular weight excluding hydrogens is 496 g/mol. The molecule has 3 aromatic rings. The molecule has 1 aromatic heterocycles. The van der Waals surface area contributed by atoms with Crippen molar-refractivity contribution >= 4 is 17.3 Å². The lowest BCUT2D eigenvalue weighted by Gasteiger charge is -2.30. The Kier molecular flexibility index (Phi) is 8.47. The molecule has 8 heteroatoms. The fraction of sp³-hybridized carbons (Fsp3) is 0.345. The fourth-order valence-corrected chi connectivity index (χ4v) is 5.61. The number of benzene rings is 2. The molecule has 0 bridgehead atoms. The number of pyridine rings is 1. The number of halogens is 3. The predicted molar refractivity (Wildman–Crippen MR) is 144 cm³/mol. The van der Waals surface area contributed by atoms with Crippen molar-refractivity contribution in [3.63, 3.8) is 0 Å². The second-order valence-corrected chi connectivity index (χ2v) is 9.78. The average Bonchev–Trinajstić information content (AvgIpc) is 3.28. The van der Waals surface area contributed by atoms with Gasteiger partial charge >= 0.3 is 0 Å². The molecule has 37 heavy (non-hydrogen) atoms. The highest BCUT2D eigenvalue weighted by atomic mass is 35.5. The van der Waals surface area contributed by atoms with Gasteiger partial charge in [0, 0.05) is 41.0 Å². The van der Waals surface area contributed by atoms with E-state index in [9.17, 15) is 0 Å². The van der Waals surface area contributed by atoms with E-state index in [1.807, 2.05) is 18.2 Å². The molecule has 1 unspecified atom stereocenters. The molecule has 2 aromatic carbocycles. The second-order valence-electron chi connectivity index (χ2n) is 9.40. The first-order valence-electron chi connectivity index (χ1n) is 12.4. The number of hydrogen-bond donors (Lipinski definition) is 3. The SMILES string of the molecule is C=C(NC)c1cnc(OCCO)c(F)c1-c1c(Cl)c(F)cc2c1CC(CCCCN)(c1ccccc1)C2. The Hall–Kier alpha value is -3.00. The Morgan fingerprint density at radius 3 is 2.65 bits per heavy atom. The van der Waals surface area contributed by atoms with Crippen molar-refractivity contribution in [3.05, 3.63) is 88.1 Å². The standard InChI is InChI=1S/C29H32ClF2N3O2/c1-18(34-2)22-17-35-28(37-13-12-36)27(32)25(22)24-21-16-29(10-6-7-11-33,20-8-4-3-5-9-20)15-19(21)14-23(31)26(24)30/h3-5,8-9,14,17,34,36H,1,6-7,10-13,15-16,33H2,2H3. The van der Waals surface area contributed by atoms with Crippen LogP contribution in [-0.4, -0.2) is 36.9 Å². The summed E-state index contributed by atoms with van der Waals surface area (Å²) in [5.74, 6) is -1.69. The van der Waals surface area contributed by atoms with Crippen LogP contribution in [0.5, 0.6) is 5.88 Å². The summed E-state index contributed by atoms with van der Waals surface area (Å²) in [6.07, 6.45) is 5.23.